The summed E-state index contributed by atoms with van der Waals surface area (Å²) in [6.45, 7) is 8.66. The zero-order valence-corrected chi connectivity index (χ0v) is 14.0. The monoisotopic (exact) mass is 331 g/mol. The second-order valence-electron chi connectivity index (χ2n) is 7.91. The number of piperidine rings is 1. The Morgan fingerprint density at radius 2 is 1.43 bits per heavy atom. The van der Waals surface area contributed by atoms with Crippen molar-refractivity contribution in [3.8, 4) is 0 Å². The third-order valence-electron chi connectivity index (χ3n) is 4.48. The van der Waals surface area contributed by atoms with E-state index in [0.29, 0.717) is 0 Å². The minimum atomic E-state index is -1.37. The lowest BCUT2D eigenvalue weighted by atomic mass is 9.94. The topological polar surface area (TPSA) is 109 Å². The number of aliphatic hydroxyl groups excluding tert-OH is 3. The second-order valence-corrected chi connectivity index (χ2v) is 7.91. The quantitative estimate of drug-likeness (QED) is 0.554. The lowest BCUT2D eigenvalue weighted by Crippen LogP contribution is -2.66. The number of nitrogens with zero attached hydrogens (tertiary/aromatic N) is 1. The summed E-state index contributed by atoms with van der Waals surface area (Å²) < 4.78 is 17.0. The third kappa shape index (κ3) is 2.62. The van der Waals surface area contributed by atoms with Crippen molar-refractivity contribution in [2.24, 2.45) is 0 Å². The van der Waals surface area contributed by atoms with Crippen LogP contribution in [0, 0.1) is 0 Å². The van der Waals surface area contributed by atoms with Crippen molar-refractivity contribution in [2.45, 2.75) is 88.6 Å². The first kappa shape index (κ1) is 16.9. The van der Waals surface area contributed by atoms with E-state index in [2.05, 4.69) is 0 Å². The van der Waals surface area contributed by atoms with E-state index in [1.807, 2.05) is 0 Å². The maximum Gasteiger partial charge on any atom is 0.411 e. The summed E-state index contributed by atoms with van der Waals surface area (Å²) in [4.78, 5) is 13.8. The normalized spacial score (nSPS) is 45.0. The van der Waals surface area contributed by atoms with E-state index in [-0.39, 0.29) is 0 Å². The molecule has 3 N–H and O–H groups in total. The van der Waals surface area contributed by atoms with Crippen LogP contribution in [0.25, 0.3) is 0 Å². The van der Waals surface area contributed by atoms with Gasteiger partial charge in [0.05, 0.1) is 12.1 Å². The molecule has 1 amide bonds. The van der Waals surface area contributed by atoms with Crippen molar-refractivity contribution in [2.75, 3.05) is 0 Å². The Kier molecular flexibility index (Phi) is 3.70. The van der Waals surface area contributed by atoms with Crippen LogP contribution in [0.4, 0.5) is 4.79 Å². The fourth-order valence-electron chi connectivity index (χ4n) is 3.74. The van der Waals surface area contributed by atoms with Crippen molar-refractivity contribution < 1.29 is 34.3 Å². The molecule has 0 aromatic rings. The number of aliphatic hydroxyl groups is 3. The number of ether oxygens (including phenoxy) is 3. The van der Waals surface area contributed by atoms with Crippen molar-refractivity contribution in [3.05, 3.63) is 0 Å². The Balaban J connectivity index is 1.95. The molecule has 0 aliphatic carbocycles. The van der Waals surface area contributed by atoms with Crippen LogP contribution in [0.5, 0.6) is 0 Å². The molecule has 8 nitrogen and oxygen atoms in total. The molecule has 0 radical (unpaired) electrons. The molecular formula is C15H25NO7. The standard InChI is InChI=1S/C15H25NO7/c1-14(2,3)23-13(20)16-6-8(17)10(19)9(18)7(16)12-11(6)21-15(4,5)22-12/h6-12,17-19H,1-5H3/t6-,7+,8+,9-,10?,11-,12+. The minimum absolute atomic E-state index is 0.635. The Hall–Kier alpha value is -0.930. The van der Waals surface area contributed by atoms with E-state index in [1.165, 1.54) is 4.90 Å². The molecule has 3 aliphatic heterocycles. The Morgan fingerprint density at radius 1 is 1.00 bits per heavy atom. The fourth-order valence-corrected chi connectivity index (χ4v) is 3.74. The zero-order chi connectivity index (χ0) is 17.3. The molecule has 7 atom stereocenters. The minimum Gasteiger partial charge on any atom is -0.444 e. The van der Waals surface area contributed by atoms with Crippen LogP contribution in [-0.2, 0) is 14.2 Å². The molecule has 3 heterocycles. The highest BCUT2D eigenvalue weighted by Gasteiger charge is 2.68. The SMILES string of the molecule is CC(C)(C)OC(=O)N1[C@@H]2[C@@H]3OC(C)(C)O[C@@H]3[C@H]1[C@H](O)C(O)[C@@H]2O. The molecule has 3 rings (SSSR count). The maximum absolute atomic E-state index is 12.6. The molecule has 1 unspecified atom stereocenters. The van der Waals surface area contributed by atoms with Gasteiger partial charge in [-0.3, -0.25) is 4.90 Å². The number of rotatable bonds is 0. The van der Waals surface area contributed by atoms with E-state index in [0.717, 1.165) is 0 Å². The van der Waals surface area contributed by atoms with Gasteiger partial charge in [-0.25, -0.2) is 4.79 Å². The molecule has 8 heteroatoms. The van der Waals surface area contributed by atoms with Gasteiger partial charge in [-0.1, -0.05) is 0 Å². The van der Waals surface area contributed by atoms with Crippen molar-refractivity contribution >= 4 is 6.09 Å². The highest BCUT2D eigenvalue weighted by atomic mass is 16.8. The van der Waals surface area contributed by atoms with Gasteiger partial charge in [-0.15, -0.1) is 0 Å². The highest BCUT2D eigenvalue weighted by molar-refractivity contribution is 5.70. The van der Waals surface area contributed by atoms with Crippen LogP contribution in [0.3, 0.4) is 0 Å². The van der Waals surface area contributed by atoms with Gasteiger partial charge >= 0.3 is 6.09 Å². The number of carbonyl (C=O) groups excluding carboxylic acids is 1. The van der Waals surface area contributed by atoms with Crippen LogP contribution in [-0.4, -0.2) is 80.3 Å². The van der Waals surface area contributed by atoms with E-state index in [1.54, 1.807) is 34.6 Å². The van der Waals surface area contributed by atoms with Gasteiger partial charge < -0.3 is 29.5 Å². The molecule has 0 saturated carbocycles. The summed E-state index contributed by atoms with van der Waals surface area (Å²) in [7, 11) is 0. The molecule has 2 bridgehead atoms. The van der Waals surface area contributed by atoms with E-state index in [4.69, 9.17) is 14.2 Å². The van der Waals surface area contributed by atoms with Gasteiger partial charge in [0.2, 0.25) is 0 Å². The van der Waals surface area contributed by atoms with E-state index >= 15 is 0 Å². The maximum atomic E-state index is 12.6. The Labute approximate surface area is 134 Å². The lowest BCUT2D eigenvalue weighted by molar-refractivity contribution is -0.209. The van der Waals surface area contributed by atoms with Gasteiger partial charge in [0.1, 0.15) is 36.1 Å². The molecule has 0 aromatic carbocycles. The van der Waals surface area contributed by atoms with Gasteiger partial charge in [-0.05, 0) is 34.6 Å². The van der Waals surface area contributed by atoms with Crippen LogP contribution in [0.2, 0.25) is 0 Å². The second kappa shape index (κ2) is 5.03. The zero-order valence-electron chi connectivity index (χ0n) is 14.0. The number of hydrogen-bond acceptors (Lipinski definition) is 7. The van der Waals surface area contributed by atoms with Crippen LogP contribution in [0.15, 0.2) is 0 Å². The number of amides is 1. The molecule has 3 saturated heterocycles. The lowest BCUT2D eigenvalue weighted by Gasteiger charge is -2.45. The summed E-state index contributed by atoms with van der Waals surface area (Å²) >= 11 is 0. The average molecular weight is 331 g/mol. The van der Waals surface area contributed by atoms with E-state index < -0.39 is 60.1 Å². The molecule has 0 spiro atoms. The molecule has 3 aliphatic rings. The summed E-state index contributed by atoms with van der Waals surface area (Å²) in [5, 5.41) is 30.8. The van der Waals surface area contributed by atoms with Gasteiger partial charge in [-0.2, -0.15) is 0 Å². The molecule has 132 valence electrons. The van der Waals surface area contributed by atoms with Crippen molar-refractivity contribution in [1.29, 1.82) is 0 Å². The van der Waals surface area contributed by atoms with Crippen LogP contribution >= 0.6 is 0 Å². The largest absolute Gasteiger partial charge is 0.444 e. The van der Waals surface area contributed by atoms with Crippen LogP contribution < -0.4 is 0 Å². The van der Waals surface area contributed by atoms with Crippen molar-refractivity contribution in [1.82, 2.24) is 4.90 Å². The Bertz CT molecular complexity index is 475. The first-order valence-corrected chi connectivity index (χ1v) is 7.84. The average Bonchev–Trinajstić information content (AvgIpc) is 2.81. The molecule has 23 heavy (non-hydrogen) atoms. The number of hydrogen-bond donors (Lipinski definition) is 3. The third-order valence-corrected chi connectivity index (χ3v) is 4.48. The van der Waals surface area contributed by atoms with E-state index in [9.17, 15) is 20.1 Å². The number of carbonyl (C=O) groups is 1. The van der Waals surface area contributed by atoms with Crippen molar-refractivity contribution in [3.63, 3.8) is 0 Å². The molecular weight excluding hydrogens is 306 g/mol. The summed E-state index contributed by atoms with van der Waals surface area (Å²) in [6, 6.07) is -1.67. The molecule has 3 fully saturated rings. The summed E-state index contributed by atoms with van der Waals surface area (Å²) in [5.41, 5.74) is -0.724. The Morgan fingerprint density at radius 3 is 1.83 bits per heavy atom. The van der Waals surface area contributed by atoms with Gasteiger partial charge in [0.25, 0.3) is 0 Å². The highest BCUT2D eigenvalue weighted by Crippen LogP contribution is 2.46. The van der Waals surface area contributed by atoms with Crippen LogP contribution in [0.1, 0.15) is 34.6 Å². The fraction of sp³-hybridized carbons (Fsp3) is 0.933. The first-order valence-electron chi connectivity index (χ1n) is 7.84. The first-order chi connectivity index (χ1) is 10.4. The summed E-state index contributed by atoms with van der Waals surface area (Å²) in [5.74, 6) is -0.881. The van der Waals surface area contributed by atoms with Gasteiger partial charge in [0, 0.05) is 0 Å². The predicted octanol–water partition coefficient (Wildman–Crippen LogP) is -0.409. The summed E-state index contributed by atoms with van der Waals surface area (Å²) in [6.07, 6.45) is -6.00. The molecule has 0 aromatic heterocycles. The number of fused-ring (bicyclic) bond motifs is 5. The predicted molar refractivity (Wildman–Crippen MR) is 77.5 cm³/mol. The smallest absolute Gasteiger partial charge is 0.411 e. The van der Waals surface area contributed by atoms with Gasteiger partial charge in [0.15, 0.2) is 5.79 Å².